The first-order valence-electron chi connectivity index (χ1n) is 8.84. The van der Waals surface area contributed by atoms with E-state index in [0.29, 0.717) is 41.7 Å². The molecule has 0 radical (unpaired) electrons. The first-order chi connectivity index (χ1) is 14.1. The molecule has 3 aromatic rings. The summed E-state index contributed by atoms with van der Waals surface area (Å²) in [5.41, 5.74) is 1.93. The van der Waals surface area contributed by atoms with Gasteiger partial charge in [0.1, 0.15) is 18.2 Å². The van der Waals surface area contributed by atoms with E-state index in [9.17, 15) is 4.79 Å². The number of benzene rings is 2. The molecule has 0 aliphatic carbocycles. The number of hydrogen-bond acceptors (Lipinski definition) is 6. The van der Waals surface area contributed by atoms with E-state index in [-0.39, 0.29) is 12.0 Å². The lowest BCUT2D eigenvalue weighted by molar-refractivity contribution is -0.0229. The van der Waals surface area contributed by atoms with Crippen LogP contribution in [0.1, 0.15) is 22.0 Å². The number of halogens is 2. The van der Waals surface area contributed by atoms with Gasteiger partial charge in [-0.3, -0.25) is 4.79 Å². The first-order valence-corrected chi connectivity index (χ1v) is 10.0. The summed E-state index contributed by atoms with van der Waals surface area (Å²) >= 11 is 9.83. The molecule has 1 aliphatic rings. The zero-order valence-electron chi connectivity index (χ0n) is 15.5. The SMILES string of the molecule is COc1cc(-n2cnnn2)c(Cl)cc1C(=O)N1CCOC(c2ccc(Br)cc2)C1. The molecule has 29 heavy (non-hydrogen) atoms. The number of tetrazole rings is 1. The third-order valence-electron chi connectivity index (χ3n) is 4.69. The Balaban J connectivity index is 1.60. The molecule has 1 saturated heterocycles. The van der Waals surface area contributed by atoms with Gasteiger partial charge in [-0.15, -0.1) is 5.10 Å². The number of amides is 1. The smallest absolute Gasteiger partial charge is 0.257 e. The molecule has 10 heteroatoms. The second kappa shape index (κ2) is 8.48. The Morgan fingerprint density at radius 3 is 2.79 bits per heavy atom. The van der Waals surface area contributed by atoms with Crippen LogP contribution in [0.5, 0.6) is 5.75 Å². The minimum atomic E-state index is -0.192. The van der Waals surface area contributed by atoms with Gasteiger partial charge in [0.15, 0.2) is 0 Å². The molecule has 8 nitrogen and oxygen atoms in total. The van der Waals surface area contributed by atoms with E-state index in [2.05, 4.69) is 31.5 Å². The monoisotopic (exact) mass is 477 g/mol. The summed E-state index contributed by atoms with van der Waals surface area (Å²) in [4.78, 5) is 15.0. The highest BCUT2D eigenvalue weighted by molar-refractivity contribution is 9.10. The molecule has 0 spiro atoms. The number of carbonyl (C=O) groups excluding carboxylic acids is 1. The van der Waals surface area contributed by atoms with Crippen molar-refractivity contribution in [1.82, 2.24) is 25.1 Å². The fourth-order valence-corrected chi connectivity index (χ4v) is 3.72. The van der Waals surface area contributed by atoms with Gasteiger partial charge in [0, 0.05) is 17.1 Å². The number of carbonyl (C=O) groups is 1. The van der Waals surface area contributed by atoms with Crippen molar-refractivity contribution in [3.05, 3.63) is 63.3 Å². The van der Waals surface area contributed by atoms with Crippen LogP contribution in [0.2, 0.25) is 5.02 Å². The molecule has 2 aromatic carbocycles. The van der Waals surface area contributed by atoms with Crippen molar-refractivity contribution in [2.75, 3.05) is 26.8 Å². The van der Waals surface area contributed by atoms with Crippen molar-refractivity contribution in [3.8, 4) is 11.4 Å². The molecule has 150 valence electrons. The number of rotatable bonds is 4. The first kappa shape index (κ1) is 19.8. The fraction of sp³-hybridized carbons (Fsp3) is 0.263. The van der Waals surface area contributed by atoms with Crippen molar-refractivity contribution in [1.29, 1.82) is 0 Å². The van der Waals surface area contributed by atoms with Crippen LogP contribution in [-0.2, 0) is 4.74 Å². The molecular formula is C19H17BrClN5O3. The number of hydrogen-bond donors (Lipinski definition) is 0. The summed E-state index contributed by atoms with van der Waals surface area (Å²) in [6.45, 7) is 1.38. The van der Waals surface area contributed by atoms with Crippen molar-refractivity contribution in [2.45, 2.75) is 6.10 Å². The molecule has 2 heterocycles. The van der Waals surface area contributed by atoms with Crippen molar-refractivity contribution in [2.24, 2.45) is 0 Å². The third kappa shape index (κ3) is 4.12. The number of morpholine rings is 1. The van der Waals surface area contributed by atoms with E-state index in [4.69, 9.17) is 21.1 Å². The van der Waals surface area contributed by atoms with Crippen LogP contribution in [0.4, 0.5) is 0 Å². The summed E-state index contributed by atoms with van der Waals surface area (Å²) in [5, 5.41) is 11.4. The number of nitrogens with zero attached hydrogens (tertiary/aromatic N) is 5. The van der Waals surface area contributed by atoms with E-state index >= 15 is 0 Å². The predicted octanol–water partition coefficient (Wildman–Crippen LogP) is 3.30. The molecule has 0 bridgehead atoms. The van der Waals surface area contributed by atoms with Crippen molar-refractivity contribution in [3.63, 3.8) is 0 Å². The Labute approximate surface area is 180 Å². The second-order valence-electron chi connectivity index (χ2n) is 6.42. The largest absolute Gasteiger partial charge is 0.496 e. The Bertz CT molecular complexity index is 1010. The van der Waals surface area contributed by atoms with Crippen LogP contribution < -0.4 is 4.74 Å². The lowest BCUT2D eigenvalue weighted by Gasteiger charge is -2.33. The van der Waals surface area contributed by atoms with Gasteiger partial charge < -0.3 is 14.4 Å². The number of methoxy groups -OCH3 is 1. The third-order valence-corrected chi connectivity index (χ3v) is 5.52. The Morgan fingerprint density at radius 2 is 2.10 bits per heavy atom. The minimum Gasteiger partial charge on any atom is -0.496 e. The van der Waals surface area contributed by atoms with Gasteiger partial charge in [0.2, 0.25) is 0 Å². The van der Waals surface area contributed by atoms with Crippen LogP contribution in [0.3, 0.4) is 0 Å². The standard InChI is InChI=1S/C19H17BrClN5O3/c1-28-17-9-16(26-11-22-23-24-26)15(21)8-14(17)19(27)25-6-7-29-18(10-25)12-2-4-13(20)5-3-12/h2-5,8-9,11,18H,6-7,10H2,1H3. The summed E-state index contributed by atoms with van der Waals surface area (Å²) in [7, 11) is 1.51. The van der Waals surface area contributed by atoms with E-state index in [0.717, 1.165) is 10.0 Å². The van der Waals surface area contributed by atoms with Crippen molar-refractivity contribution >= 4 is 33.4 Å². The maximum atomic E-state index is 13.2. The zero-order chi connectivity index (χ0) is 20.4. The van der Waals surface area contributed by atoms with Gasteiger partial charge in [0.05, 0.1) is 36.5 Å². The number of ether oxygens (including phenoxy) is 2. The summed E-state index contributed by atoms with van der Waals surface area (Å²) in [6.07, 6.45) is 1.23. The average Bonchev–Trinajstić information content (AvgIpc) is 3.28. The summed E-state index contributed by atoms with van der Waals surface area (Å²) < 4.78 is 13.7. The molecule has 1 amide bonds. The van der Waals surface area contributed by atoms with Crippen LogP contribution >= 0.6 is 27.5 Å². The maximum Gasteiger partial charge on any atom is 0.257 e. The van der Waals surface area contributed by atoms with Gasteiger partial charge in [-0.2, -0.15) is 4.68 Å². The maximum absolute atomic E-state index is 13.2. The quantitative estimate of drug-likeness (QED) is 0.572. The highest BCUT2D eigenvalue weighted by atomic mass is 79.9. The fourth-order valence-electron chi connectivity index (χ4n) is 3.21. The molecule has 1 aromatic heterocycles. The Kier molecular flexibility index (Phi) is 5.79. The normalized spacial score (nSPS) is 16.7. The van der Waals surface area contributed by atoms with Gasteiger partial charge in [0.25, 0.3) is 5.91 Å². The summed E-state index contributed by atoms with van der Waals surface area (Å²) in [6, 6.07) is 11.1. The van der Waals surface area contributed by atoms with Crippen LogP contribution in [-0.4, -0.2) is 57.8 Å². The second-order valence-corrected chi connectivity index (χ2v) is 7.74. The highest BCUT2D eigenvalue weighted by Gasteiger charge is 2.28. The molecule has 4 rings (SSSR count). The molecular weight excluding hydrogens is 462 g/mol. The molecule has 1 aliphatic heterocycles. The van der Waals surface area contributed by atoms with Gasteiger partial charge in [-0.1, -0.05) is 39.7 Å². The zero-order valence-corrected chi connectivity index (χ0v) is 17.8. The Morgan fingerprint density at radius 1 is 1.31 bits per heavy atom. The van der Waals surface area contributed by atoms with Crippen molar-refractivity contribution < 1.29 is 14.3 Å². The predicted molar refractivity (Wildman–Crippen MR) is 109 cm³/mol. The molecule has 1 atom stereocenters. The van der Waals surface area contributed by atoms with E-state index in [1.807, 2.05) is 24.3 Å². The average molecular weight is 479 g/mol. The van der Waals surface area contributed by atoms with Gasteiger partial charge in [-0.25, -0.2) is 0 Å². The van der Waals surface area contributed by atoms with E-state index < -0.39 is 0 Å². The van der Waals surface area contributed by atoms with E-state index in [1.54, 1.807) is 17.0 Å². The van der Waals surface area contributed by atoms with Crippen LogP contribution in [0.25, 0.3) is 5.69 Å². The van der Waals surface area contributed by atoms with Crippen LogP contribution in [0.15, 0.2) is 47.2 Å². The molecule has 0 N–H and O–H groups in total. The van der Waals surface area contributed by atoms with E-state index in [1.165, 1.54) is 18.1 Å². The lowest BCUT2D eigenvalue weighted by Crippen LogP contribution is -2.42. The Hall–Kier alpha value is -2.49. The van der Waals surface area contributed by atoms with Crippen LogP contribution in [0, 0.1) is 0 Å². The lowest BCUT2D eigenvalue weighted by atomic mass is 10.1. The highest BCUT2D eigenvalue weighted by Crippen LogP contribution is 2.32. The minimum absolute atomic E-state index is 0.169. The topological polar surface area (TPSA) is 82.4 Å². The molecule has 1 fully saturated rings. The van der Waals surface area contributed by atoms with Gasteiger partial charge >= 0.3 is 0 Å². The van der Waals surface area contributed by atoms with Gasteiger partial charge in [-0.05, 0) is 34.2 Å². The molecule has 1 unspecified atom stereocenters. The molecule has 0 saturated carbocycles. The number of aromatic nitrogens is 4. The summed E-state index contributed by atoms with van der Waals surface area (Å²) in [5.74, 6) is 0.231.